The lowest BCUT2D eigenvalue weighted by atomic mass is 10.1. The second-order valence-electron chi connectivity index (χ2n) is 8.98. The molecule has 1 atom stereocenters. The molecule has 0 fully saturated rings. The number of nitrogens with zero attached hydrogens (tertiary/aromatic N) is 2. The molecule has 1 N–H and O–H groups in total. The van der Waals surface area contributed by atoms with Crippen molar-refractivity contribution in [2.45, 2.75) is 39.8 Å². The normalized spacial score (nSPS) is 12.1. The van der Waals surface area contributed by atoms with Crippen molar-refractivity contribution in [2.75, 3.05) is 37.9 Å². The highest BCUT2D eigenvalue weighted by atomic mass is 35.5. The van der Waals surface area contributed by atoms with Crippen LogP contribution in [0.5, 0.6) is 11.5 Å². The Kier molecular flexibility index (Phi) is 11.1. The highest BCUT2D eigenvalue weighted by molar-refractivity contribution is 7.92. The third-order valence-electron chi connectivity index (χ3n) is 5.70. The standard InChI is InChI=1S/C26H36ClN3O6S/c1-7-22(26(32)28-15-18(2)3)29(16-19-10-8-9-11-21(19)27)25(31)17-30(37(6,33)34)23-13-12-20(35-4)14-24(23)36-5/h8-14,18,22H,7,15-17H2,1-6H3,(H,28,32). The Morgan fingerprint density at radius 2 is 1.76 bits per heavy atom. The van der Waals surface area contributed by atoms with E-state index in [0.717, 1.165) is 10.6 Å². The minimum Gasteiger partial charge on any atom is -0.497 e. The summed E-state index contributed by atoms with van der Waals surface area (Å²) in [5.41, 5.74) is 0.815. The van der Waals surface area contributed by atoms with Gasteiger partial charge in [0.1, 0.15) is 24.1 Å². The van der Waals surface area contributed by atoms with E-state index in [4.69, 9.17) is 21.1 Å². The number of carbonyl (C=O) groups is 2. The number of carbonyl (C=O) groups excluding carboxylic acids is 2. The van der Waals surface area contributed by atoms with Crippen molar-refractivity contribution in [3.05, 3.63) is 53.1 Å². The van der Waals surface area contributed by atoms with Crippen molar-refractivity contribution in [1.29, 1.82) is 0 Å². The lowest BCUT2D eigenvalue weighted by Crippen LogP contribution is -2.52. The Morgan fingerprint density at radius 1 is 1.08 bits per heavy atom. The van der Waals surface area contributed by atoms with Crippen LogP contribution in [0, 0.1) is 5.92 Å². The van der Waals surface area contributed by atoms with Crippen molar-refractivity contribution < 1.29 is 27.5 Å². The van der Waals surface area contributed by atoms with E-state index in [-0.39, 0.29) is 29.8 Å². The maximum atomic E-state index is 13.8. The molecule has 2 aromatic carbocycles. The molecule has 0 bridgehead atoms. The van der Waals surface area contributed by atoms with E-state index in [9.17, 15) is 18.0 Å². The molecular formula is C26H36ClN3O6S. The van der Waals surface area contributed by atoms with Gasteiger partial charge in [-0.25, -0.2) is 8.42 Å². The van der Waals surface area contributed by atoms with Gasteiger partial charge in [0, 0.05) is 24.2 Å². The average molecular weight is 554 g/mol. The Labute approximate surface area is 224 Å². The average Bonchev–Trinajstić information content (AvgIpc) is 2.85. The number of ether oxygens (including phenoxy) is 2. The first-order chi connectivity index (χ1) is 17.4. The Hall–Kier alpha value is -2.98. The van der Waals surface area contributed by atoms with Crippen LogP contribution in [-0.2, 0) is 26.2 Å². The maximum Gasteiger partial charge on any atom is 0.244 e. The monoisotopic (exact) mass is 553 g/mol. The van der Waals surface area contributed by atoms with Crippen LogP contribution in [0.1, 0.15) is 32.8 Å². The Balaban J connectivity index is 2.50. The van der Waals surface area contributed by atoms with E-state index in [1.54, 1.807) is 37.3 Å². The molecule has 0 aliphatic rings. The third kappa shape index (κ3) is 8.26. The predicted molar refractivity (Wildman–Crippen MR) is 146 cm³/mol. The zero-order chi connectivity index (χ0) is 27.8. The predicted octanol–water partition coefficient (Wildman–Crippen LogP) is 3.70. The molecule has 11 heteroatoms. The zero-order valence-electron chi connectivity index (χ0n) is 22.2. The molecule has 0 aromatic heterocycles. The summed E-state index contributed by atoms with van der Waals surface area (Å²) in [6, 6.07) is 10.8. The minimum atomic E-state index is -3.92. The summed E-state index contributed by atoms with van der Waals surface area (Å²) in [6.07, 6.45) is 1.33. The van der Waals surface area contributed by atoms with Crippen molar-refractivity contribution >= 4 is 39.1 Å². The van der Waals surface area contributed by atoms with E-state index in [0.29, 0.717) is 29.3 Å². The fourth-order valence-electron chi connectivity index (χ4n) is 3.74. The smallest absolute Gasteiger partial charge is 0.244 e. The molecule has 0 spiro atoms. The van der Waals surface area contributed by atoms with Crippen LogP contribution in [0.25, 0.3) is 0 Å². The number of amides is 2. The Bertz CT molecular complexity index is 1190. The number of anilines is 1. The van der Waals surface area contributed by atoms with Gasteiger partial charge in [-0.05, 0) is 36.1 Å². The molecule has 204 valence electrons. The van der Waals surface area contributed by atoms with Crippen LogP contribution in [0.4, 0.5) is 5.69 Å². The molecule has 0 aliphatic carbocycles. The SMILES string of the molecule is CCC(C(=O)NCC(C)C)N(Cc1ccccc1Cl)C(=O)CN(c1ccc(OC)cc1OC)S(C)(=O)=O. The van der Waals surface area contributed by atoms with E-state index in [1.807, 2.05) is 13.8 Å². The van der Waals surface area contributed by atoms with Crippen LogP contribution in [0.2, 0.25) is 5.02 Å². The number of methoxy groups -OCH3 is 2. The molecule has 37 heavy (non-hydrogen) atoms. The summed E-state index contributed by atoms with van der Waals surface area (Å²) in [5, 5.41) is 3.32. The number of benzene rings is 2. The molecule has 2 amide bonds. The van der Waals surface area contributed by atoms with Crippen LogP contribution >= 0.6 is 11.6 Å². The van der Waals surface area contributed by atoms with E-state index >= 15 is 0 Å². The second kappa shape index (κ2) is 13.5. The lowest BCUT2D eigenvalue weighted by Gasteiger charge is -2.33. The highest BCUT2D eigenvalue weighted by Crippen LogP contribution is 2.34. The largest absolute Gasteiger partial charge is 0.497 e. The first-order valence-corrected chi connectivity index (χ1v) is 14.2. The van der Waals surface area contributed by atoms with Gasteiger partial charge >= 0.3 is 0 Å². The maximum absolute atomic E-state index is 13.8. The number of hydrogen-bond donors (Lipinski definition) is 1. The van der Waals surface area contributed by atoms with Crippen molar-refractivity contribution in [2.24, 2.45) is 5.92 Å². The summed E-state index contributed by atoms with van der Waals surface area (Å²) in [5.74, 6) is 0.0299. The van der Waals surface area contributed by atoms with Gasteiger partial charge < -0.3 is 19.7 Å². The van der Waals surface area contributed by atoms with E-state index < -0.39 is 28.5 Å². The van der Waals surface area contributed by atoms with Crippen molar-refractivity contribution in [3.8, 4) is 11.5 Å². The van der Waals surface area contributed by atoms with Gasteiger partial charge in [-0.1, -0.05) is 50.6 Å². The van der Waals surface area contributed by atoms with Crippen LogP contribution in [0.15, 0.2) is 42.5 Å². The van der Waals surface area contributed by atoms with Gasteiger partial charge in [-0.2, -0.15) is 0 Å². The molecule has 0 saturated heterocycles. The first kappa shape index (κ1) is 30.2. The lowest BCUT2D eigenvalue weighted by molar-refractivity contribution is -0.140. The first-order valence-electron chi connectivity index (χ1n) is 11.9. The summed E-state index contributed by atoms with van der Waals surface area (Å²) in [4.78, 5) is 28.3. The highest BCUT2D eigenvalue weighted by Gasteiger charge is 2.33. The molecule has 2 rings (SSSR count). The van der Waals surface area contributed by atoms with E-state index in [2.05, 4.69) is 5.32 Å². The number of halogens is 1. The van der Waals surface area contributed by atoms with Gasteiger partial charge in [-0.15, -0.1) is 0 Å². The van der Waals surface area contributed by atoms with Crippen molar-refractivity contribution in [3.63, 3.8) is 0 Å². The van der Waals surface area contributed by atoms with Gasteiger partial charge in [0.15, 0.2) is 0 Å². The van der Waals surface area contributed by atoms with Crippen LogP contribution < -0.4 is 19.1 Å². The molecule has 2 aromatic rings. The fraction of sp³-hybridized carbons (Fsp3) is 0.462. The second-order valence-corrected chi connectivity index (χ2v) is 11.3. The van der Waals surface area contributed by atoms with Crippen LogP contribution in [-0.4, -0.2) is 64.7 Å². The van der Waals surface area contributed by atoms with Gasteiger partial charge in [0.05, 0.1) is 26.2 Å². The summed E-state index contributed by atoms with van der Waals surface area (Å²) < 4.78 is 37.2. The van der Waals surface area contributed by atoms with Gasteiger partial charge in [0.25, 0.3) is 0 Å². The number of rotatable bonds is 13. The molecule has 9 nitrogen and oxygen atoms in total. The summed E-state index contributed by atoms with van der Waals surface area (Å²) in [7, 11) is -1.04. The molecule has 0 radical (unpaired) electrons. The molecule has 0 saturated carbocycles. The number of hydrogen-bond acceptors (Lipinski definition) is 6. The Morgan fingerprint density at radius 3 is 2.30 bits per heavy atom. The molecule has 1 unspecified atom stereocenters. The van der Waals surface area contributed by atoms with Gasteiger partial charge in [0.2, 0.25) is 21.8 Å². The fourth-order valence-corrected chi connectivity index (χ4v) is 4.79. The zero-order valence-corrected chi connectivity index (χ0v) is 23.7. The molecular weight excluding hydrogens is 518 g/mol. The van der Waals surface area contributed by atoms with E-state index in [1.165, 1.54) is 31.3 Å². The number of nitrogens with one attached hydrogen (secondary N) is 1. The van der Waals surface area contributed by atoms with Crippen LogP contribution in [0.3, 0.4) is 0 Å². The number of sulfonamides is 1. The topological polar surface area (TPSA) is 105 Å². The summed E-state index contributed by atoms with van der Waals surface area (Å²) >= 11 is 6.37. The quantitative estimate of drug-likeness (QED) is 0.405. The third-order valence-corrected chi connectivity index (χ3v) is 7.20. The van der Waals surface area contributed by atoms with Gasteiger partial charge in [-0.3, -0.25) is 13.9 Å². The summed E-state index contributed by atoms with van der Waals surface area (Å²) in [6.45, 7) is 5.68. The van der Waals surface area contributed by atoms with Crippen molar-refractivity contribution in [1.82, 2.24) is 10.2 Å². The minimum absolute atomic E-state index is 0.0312. The molecule has 0 heterocycles. The molecule has 0 aliphatic heterocycles.